The topological polar surface area (TPSA) is 41.6 Å². The van der Waals surface area contributed by atoms with Crippen LogP contribution < -0.4 is 10.1 Å². The van der Waals surface area contributed by atoms with E-state index in [1.807, 2.05) is 0 Å². The number of nitrogens with one attached hydrogen (secondary N) is 1. The summed E-state index contributed by atoms with van der Waals surface area (Å²) in [5.41, 5.74) is -0.539. The van der Waals surface area contributed by atoms with Crippen LogP contribution in [0.25, 0.3) is 0 Å². The van der Waals surface area contributed by atoms with Gasteiger partial charge in [0, 0.05) is 17.3 Å². The lowest BCUT2D eigenvalue weighted by molar-refractivity contribution is -0.191. The van der Waals surface area contributed by atoms with Crippen LogP contribution >= 0.6 is 0 Å². The van der Waals surface area contributed by atoms with E-state index < -0.39 is 17.6 Å². The second-order valence-electron chi connectivity index (χ2n) is 6.24. The van der Waals surface area contributed by atoms with Crippen LogP contribution in [0.1, 0.15) is 20.3 Å². The normalized spacial score (nSPS) is 21.2. The van der Waals surface area contributed by atoms with Crippen molar-refractivity contribution in [3.8, 4) is 5.75 Å². The molecule has 0 saturated carbocycles. The second-order valence-corrected chi connectivity index (χ2v) is 6.24. The molecule has 1 unspecified atom stereocenters. The quantitative estimate of drug-likeness (QED) is 0.921. The van der Waals surface area contributed by atoms with Gasteiger partial charge >= 0.3 is 6.18 Å². The maximum atomic E-state index is 13.1. The smallest absolute Gasteiger partial charge is 0.393 e. The maximum absolute atomic E-state index is 13.1. The van der Waals surface area contributed by atoms with Crippen molar-refractivity contribution < 1.29 is 22.7 Å². The number of hydrogen-bond donors (Lipinski definition) is 1. The number of anilines is 1. The van der Waals surface area contributed by atoms with Gasteiger partial charge in [0.2, 0.25) is 5.91 Å². The Labute approximate surface area is 133 Å². The Balaban J connectivity index is 2.00. The molecule has 0 aliphatic carbocycles. The molecular weight excluding hydrogens is 309 g/mol. The summed E-state index contributed by atoms with van der Waals surface area (Å²) in [5, 5.41) is 2.69. The van der Waals surface area contributed by atoms with Gasteiger partial charge in [0.15, 0.2) is 0 Å². The summed E-state index contributed by atoms with van der Waals surface area (Å²) in [6, 6.07) is 6.83. The number of benzene rings is 1. The molecule has 0 spiro atoms. The number of halogens is 3. The summed E-state index contributed by atoms with van der Waals surface area (Å²) in [7, 11) is 1.52. The van der Waals surface area contributed by atoms with Crippen molar-refractivity contribution in [1.82, 2.24) is 4.90 Å². The lowest BCUT2D eigenvalue weighted by Gasteiger charge is -2.36. The number of hydrogen-bond acceptors (Lipinski definition) is 3. The molecule has 0 bridgehead atoms. The van der Waals surface area contributed by atoms with Gasteiger partial charge in [-0.1, -0.05) is 6.07 Å². The summed E-state index contributed by atoms with van der Waals surface area (Å²) in [6.45, 7) is 3.26. The summed E-state index contributed by atoms with van der Waals surface area (Å²) >= 11 is 0. The van der Waals surface area contributed by atoms with E-state index >= 15 is 0 Å². The molecule has 0 radical (unpaired) electrons. The molecule has 1 N–H and O–H groups in total. The number of likely N-dealkylation sites (tertiary alicyclic amines) is 1. The Hall–Kier alpha value is -1.76. The number of ether oxygens (including phenoxy) is 1. The molecular formula is C16H21F3N2O2. The van der Waals surface area contributed by atoms with Crippen LogP contribution in [0.15, 0.2) is 24.3 Å². The zero-order valence-electron chi connectivity index (χ0n) is 13.4. The average molecular weight is 330 g/mol. The Morgan fingerprint density at radius 3 is 2.70 bits per heavy atom. The Morgan fingerprint density at radius 2 is 2.13 bits per heavy atom. The van der Waals surface area contributed by atoms with Gasteiger partial charge in [-0.05, 0) is 38.9 Å². The van der Waals surface area contributed by atoms with Crippen LogP contribution in [0.3, 0.4) is 0 Å². The average Bonchev–Trinajstić information content (AvgIpc) is 2.74. The molecule has 1 aliphatic rings. The molecule has 1 fully saturated rings. The van der Waals surface area contributed by atoms with Gasteiger partial charge < -0.3 is 10.1 Å². The minimum atomic E-state index is -4.25. The van der Waals surface area contributed by atoms with Crippen molar-refractivity contribution in [2.45, 2.75) is 32.0 Å². The zero-order valence-corrected chi connectivity index (χ0v) is 13.4. The van der Waals surface area contributed by atoms with Crippen molar-refractivity contribution in [3.05, 3.63) is 24.3 Å². The molecule has 2 rings (SSSR count). The van der Waals surface area contributed by atoms with Gasteiger partial charge in [-0.15, -0.1) is 0 Å². The van der Waals surface area contributed by atoms with Crippen molar-refractivity contribution in [2.24, 2.45) is 5.92 Å². The molecule has 0 aromatic heterocycles. The van der Waals surface area contributed by atoms with Gasteiger partial charge in [0.05, 0.1) is 19.6 Å². The summed E-state index contributed by atoms with van der Waals surface area (Å²) in [5.74, 6) is -1.16. The predicted molar refractivity (Wildman–Crippen MR) is 81.4 cm³/mol. The van der Waals surface area contributed by atoms with Gasteiger partial charge in [0.25, 0.3) is 0 Å². The van der Waals surface area contributed by atoms with E-state index in [4.69, 9.17) is 4.74 Å². The fraction of sp³-hybridized carbons (Fsp3) is 0.562. The lowest BCUT2D eigenvalue weighted by atomic mass is 9.88. The van der Waals surface area contributed by atoms with E-state index in [0.29, 0.717) is 11.4 Å². The SMILES string of the molecule is COc1cccc(NC(=O)CN2CCC(C(F)(F)F)C2(C)C)c1. The summed E-state index contributed by atoms with van der Waals surface area (Å²) < 4.78 is 44.2. The lowest BCUT2D eigenvalue weighted by Crippen LogP contribution is -2.49. The number of nitrogens with zero attached hydrogens (tertiary/aromatic N) is 1. The van der Waals surface area contributed by atoms with Crippen molar-refractivity contribution in [3.63, 3.8) is 0 Å². The highest BCUT2D eigenvalue weighted by Gasteiger charge is 2.54. The monoisotopic (exact) mass is 330 g/mol. The van der Waals surface area contributed by atoms with Gasteiger partial charge in [0.1, 0.15) is 5.75 Å². The standard InChI is InChI=1S/C16H21F3N2O2/c1-15(2)13(16(17,18)19)7-8-21(15)10-14(22)20-11-5-4-6-12(9-11)23-3/h4-6,9,13H,7-8,10H2,1-3H3,(H,20,22). The minimum absolute atomic E-state index is 0.0168. The zero-order chi connectivity index (χ0) is 17.3. The molecule has 1 aliphatic heterocycles. The van der Waals surface area contributed by atoms with Crippen molar-refractivity contribution >= 4 is 11.6 Å². The summed E-state index contributed by atoms with van der Waals surface area (Å²) in [4.78, 5) is 13.7. The molecule has 4 nitrogen and oxygen atoms in total. The van der Waals surface area contributed by atoms with Crippen LogP contribution in [-0.4, -0.2) is 42.7 Å². The molecule has 1 aromatic carbocycles. The van der Waals surface area contributed by atoms with Gasteiger partial charge in [-0.2, -0.15) is 13.2 Å². The first kappa shape index (κ1) is 17.6. The van der Waals surface area contributed by atoms with E-state index in [-0.39, 0.29) is 25.4 Å². The number of methoxy groups -OCH3 is 1. The van der Waals surface area contributed by atoms with Crippen molar-refractivity contribution in [2.75, 3.05) is 25.5 Å². The number of carbonyl (C=O) groups is 1. The van der Waals surface area contributed by atoms with E-state index in [1.54, 1.807) is 29.2 Å². The Bertz CT molecular complexity index is 573. The van der Waals surface area contributed by atoms with Crippen LogP contribution in [0.5, 0.6) is 5.75 Å². The number of alkyl halides is 3. The first-order valence-electron chi connectivity index (χ1n) is 7.40. The second kappa shape index (κ2) is 6.39. The first-order valence-corrected chi connectivity index (χ1v) is 7.40. The number of rotatable bonds is 4. The van der Waals surface area contributed by atoms with Crippen molar-refractivity contribution in [1.29, 1.82) is 0 Å². The highest BCUT2D eigenvalue weighted by molar-refractivity contribution is 5.92. The van der Waals surface area contributed by atoms with Crippen LogP contribution in [0.4, 0.5) is 18.9 Å². The number of amides is 1. The Morgan fingerprint density at radius 1 is 1.43 bits per heavy atom. The molecule has 7 heteroatoms. The van der Waals surface area contributed by atoms with E-state index in [9.17, 15) is 18.0 Å². The molecule has 128 valence electrons. The molecule has 23 heavy (non-hydrogen) atoms. The largest absolute Gasteiger partial charge is 0.497 e. The van der Waals surface area contributed by atoms with Gasteiger partial charge in [-0.25, -0.2) is 0 Å². The molecule has 1 atom stereocenters. The molecule has 1 saturated heterocycles. The van der Waals surface area contributed by atoms with Crippen LogP contribution in [0.2, 0.25) is 0 Å². The van der Waals surface area contributed by atoms with Crippen LogP contribution in [0, 0.1) is 5.92 Å². The van der Waals surface area contributed by atoms with E-state index in [0.717, 1.165) is 0 Å². The molecule has 1 aromatic rings. The third-order valence-electron chi connectivity index (χ3n) is 4.44. The fourth-order valence-electron chi connectivity index (χ4n) is 3.07. The fourth-order valence-corrected chi connectivity index (χ4v) is 3.07. The van der Waals surface area contributed by atoms with Crippen LogP contribution in [-0.2, 0) is 4.79 Å². The van der Waals surface area contributed by atoms with E-state index in [2.05, 4.69) is 5.32 Å². The molecule has 1 heterocycles. The number of carbonyl (C=O) groups excluding carboxylic acids is 1. The Kier molecular flexibility index (Phi) is 4.89. The first-order chi connectivity index (χ1) is 10.6. The third-order valence-corrected chi connectivity index (χ3v) is 4.44. The maximum Gasteiger partial charge on any atom is 0.393 e. The minimum Gasteiger partial charge on any atom is -0.497 e. The van der Waals surface area contributed by atoms with Gasteiger partial charge in [-0.3, -0.25) is 9.69 Å². The highest BCUT2D eigenvalue weighted by atomic mass is 19.4. The molecule has 1 amide bonds. The summed E-state index contributed by atoms with van der Waals surface area (Å²) in [6.07, 6.45) is -4.23. The third kappa shape index (κ3) is 3.96. The highest BCUT2D eigenvalue weighted by Crippen LogP contribution is 2.44. The van der Waals surface area contributed by atoms with E-state index in [1.165, 1.54) is 21.0 Å². The predicted octanol–water partition coefficient (Wildman–Crippen LogP) is 3.30.